The van der Waals surface area contributed by atoms with Gasteiger partial charge in [-0.1, -0.05) is 18.2 Å². The first kappa shape index (κ1) is 9.04. The Morgan fingerprint density at radius 2 is 1.94 bits per heavy atom. The molecule has 75 valence electrons. The molecule has 0 saturated carbocycles. The van der Waals surface area contributed by atoms with Gasteiger partial charge < -0.3 is 0 Å². The molecule has 0 bridgehead atoms. The van der Waals surface area contributed by atoms with Gasteiger partial charge >= 0.3 is 0 Å². The lowest BCUT2D eigenvalue weighted by atomic mass is 10.1. The molecule has 2 nitrogen and oxygen atoms in total. The van der Waals surface area contributed by atoms with Crippen LogP contribution in [0.1, 0.15) is 0 Å². The molecular weight excluding hydrogens is 196 g/mol. The molecule has 0 aliphatic heterocycles. The Labute approximate surface area is 93.6 Å². The maximum Gasteiger partial charge on any atom is 0.0892 e. The first-order chi connectivity index (χ1) is 7.93. The molecule has 2 heteroatoms. The Morgan fingerprint density at radius 3 is 2.81 bits per heavy atom. The fourth-order valence-electron chi connectivity index (χ4n) is 1.68. The highest BCUT2D eigenvalue weighted by Crippen LogP contribution is 2.20. The number of rotatable bonds is 1. The van der Waals surface area contributed by atoms with Crippen LogP contribution in [0.2, 0.25) is 0 Å². The van der Waals surface area contributed by atoms with E-state index in [1.54, 1.807) is 6.20 Å². The van der Waals surface area contributed by atoms with E-state index in [1.807, 2.05) is 48.7 Å². The predicted molar refractivity (Wildman–Crippen MR) is 63.8 cm³/mol. The van der Waals surface area contributed by atoms with Crippen molar-refractivity contribution >= 4 is 11.0 Å². The molecular formula is C14H9N2. The summed E-state index contributed by atoms with van der Waals surface area (Å²) in [6.07, 6.45) is 3.65. The van der Waals surface area contributed by atoms with Crippen molar-refractivity contribution in [3.05, 3.63) is 60.9 Å². The number of fused-ring (bicyclic) bond motifs is 1. The van der Waals surface area contributed by atoms with Crippen molar-refractivity contribution in [3.8, 4) is 11.1 Å². The van der Waals surface area contributed by atoms with Crippen molar-refractivity contribution in [2.45, 2.75) is 0 Å². The summed E-state index contributed by atoms with van der Waals surface area (Å²) < 4.78 is 0. The van der Waals surface area contributed by atoms with Gasteiger partial charge in [0.25, 0.3) is 0 Å². The molecule has 3 aromatic rings. The Kier molecular flexibility index (Phi) is 2.11. The monoisotopic (exact) mass is 205 g/mol. The van der Waals surface area contributed by atoms with Gasteiger partial charge in [0.05, 0.1) is 11.0 Å². The van der Waals surface area contributed by atoms with E-state index in [0.717, 1.165) is 22.2 Å². The van der Waals surface area contributed by atoms with E-state index in [4.69, 9.17) is 0 Å². The minimum absolute atomic E-state index is 0.920. The zero-order valence-corrected chi connectivity index (χ0v) is 8.59. The zero-order valence-electron chi connectivity index (χ0n) is 8.59. The summed E-state index contributed by atoms with van der Waals surface area (Å²) >= 11 is 0. The third-order valence-electron chi connectivity index (χ3n) is 2.49. The van der Waals surface area contributed by atoms with Crippen LogP contribution >= 0.6 is 0 Å². The Balaban J connectivity index is 2.19. The van der Waals surface area contributed by atoms with E-state index in [2.05, 4.69) is 16.0 Å². The Bertz CT molecular complexity index is 618. The van der Waals surface area contributed by atoms with Crippen molar-refractivity contribution in [2.24, 2.45) is 0 Å². The summed E-state index contributed by atoms with van der Waals surface area (Å²) in [7, 11) is 0. The van der Waals surface area contributed by atoms with E-state index in [1.165, 1.54) is 0 Å². The maximum atomic E-state index is 4.38. The van der Waals surface area contributed by atoms with Crippen LogP contribution in [0.25, 0.3) is 22.2 Å². The summed E-state index contributed by atoms with van der Waals surface area (Å²) in [5, 5.41) is 0. The topological polar surface area (TPSA) is 25.8 Å². The standard InChI is InChI=1S/C14H9N2/c1-2-5-11(6-3-1)12-9-14-13(16-10-12)7-4-8-15-14/h1-2,4-10H. The SMILES string of the molecule is [c]1cccc(-c2cnc3cccnc3c2)c1. The normalized spacial score (nSPS) is 10.5. The molecule has 3 rings (SSSR count). The van der Waals surface area contributed by atoms with Gasteiger partial charge in [0.15, 0.2) is 0 Å². The van der Waals surface area contributed by atoms with Gasteiger partial charge in [-0.15, -0.1) is 0 Å². The zero-order chi connectivity index (χ0) is 10.8. The summed E-state index contributed by atoms with van der Waals surface area (Å²) in [6.45, 7) is 0. The molecule has 0 aliphatic carbocycles. The summed E-state index contributed by atoms with van der Waals surface area (Å²) in [5.74, 6) is 0. The first-order valence-electron chi connectivity index (χ1n) is 5.11. The van der Waals surface area contributed by atoms with Crippen LogP contribution in [-0.4, -0.2) is 9.97 Å². The van der Waals surface area contributed by atoms with Crippen LogP contribution in [0.5, 0.6) is 0 Å². The second-order valence-electron chi connectivity index (χ2n) is 3.56. The van der Waals surface area contributed by atoms with Crippen molar-refractivity contribution < 1.29 is 0 Å². The lowest BCUT2D eigenvalue weighted by Crippen LogP contribution is -1.84. The van der Waals surface area contributed by atoms with Crippen LogP contribution in [0.15, 0.2) is 54.9 Å². The second-order valence-corrected chi connectivity index (χ2v) is 3.56. The van der Waals surface area contributed by atoms with Gasteiger partial charge in [-0.25, -0.2) is 0 Å². The van der Waals surface area contributed by atoms with Gasteiger partial charge in [0.1, 0.15) is 0 Å². The third kappa shape index (κ3) is 1.54. The van der Waals surface area contributed by atoms with Gasteiger partial charge in [-0.2, -0.15) is 0 Å². The highest BCUT2D eigenvalue weighted by Gasteiger charge is 2.00. The fraction of sp³-hybridized carbons (Fsp3) is 0. The Morgan fingerprint density at radius 1 is 0.938 bits per heavy atom. The third-order valence-corrected chi connectivity index (χ3v) is 2.49. The summed E-state index contributed by atoms with van der Waals surface area (Å²) in [4.78, 5) is 8.68. The lowest BCUT2D eigenvalue weighted by molar-refractivity contribution is 1.34. The molecule has 0 aliphatic rings. The molecule has 0 fully saturated rings. The average Bonchev–Trinajstić information content (AvgIpc) is 2.39. The fourth-order valence-corrected chi connectivity index (χ4v) is 1.68. The van der Waals surface area contributed by atoms with Crippen molar-refractivity contribution in [1.82, 2.24) is 9.97 Å². The average molecular weight is 205 g/mol. The molecule has 2 heterocycles. The number of nitrogens with zero attached hydrogens (tertiary/aromatic N) is 2. The van der Waals surface area contributed by atoms with E-state index < -0.39 is 0 Å². The van der Waals surface area contributed by atoms with Gasteiger partial charge in [-0.3, -0.25) is 9.97 Å². The van der Waals surface area contributed by atoms with E-state index in [-0.39, 0.29) is 0 Å². The molecule has 0 atom stereocenters. The second kappa shape index (κ2) is 3.74. The van der Waals surface area contributed by atoms with Crippen molar-refractivity contribution in [3.63, 3.8) is 0 Å². The molecule has 0 saturated heterocycles. The molecule has 2 aromatic heterocycles. The van der Waals surface area contributed by atoms with Gasteiger partial charge in [-0.05, 0) is 35.9 Å². The minimum Gasteiger partial charge on any atom is -0.255 e. The molecule has 0 unspecified atom stereocenters. The Hall–Kier alpha value is -2.22. The number of pyridine rings is 2. The number of aromatic nitrogens is 2. The number of hydrogen-bond acceptors (Lipinski definition) is 2. The van der Waals surface area contributed by atoms with Crippen LogP contribution in [0.3, 0.4) is 0 Å². The van der Waals surface area contributed by atoms with Gasteiger partial charge in [0, 0.05) is 18.0 Å². The van der Waals surface area contributed by atoms with Crippen LogP contribution in [0.4, 0.5) is 0 Å². The number of hydrogen-bond donors (Lipinski definition) is 0. The maximum absolute atomic E-state index is 4.38. The van der Waals surface area contributed by atoms with Crippen LogP contribution in [-0.2, 0) is 0 Å². The van der Waals surface area contributed by atoms with E-state index in [0.29, 0.717) is 0 Å². The molecule has 0 amide bonds. The summed E-state index contributed by atoms with van der Waals surface area (Å²) in [6, 6.07) is 16.8. The predicted octanol–water partition coefficient (Wildman–Crippen LogP) is 3.10. The molecule has 16 heavy (non-hydrogen) atoms. The molecule has 0 N–H and O–H groups in total. The van der Waals surface area contributed by atoms with Crippen LogP contribution < -0.4 is 0 Å². The molecule has 1 radical (unpaired) electrons. The minimum atomic E-state index is 0.920. The highest BCUT2D eigenvalue weighted by molar-refractivity contribution is 5.79. The smallest absolute Gasteiger partial charge is 0.0892 e. The molecule has 1 aromatic carbocycles. The van der Waals surface area contributed by atoms with Crippen LogP contribution in [0, 0.1) is 6.07 Å². The number of benzene rings is 1. The van der Waals surface area contributed by atoms with E-state index >= 15 is 0 Å². The quantitative estimate of drug-likeness (QED) is 0.610. The lowest BCUT2D eigenvalue weighted by Gasteiger charge is -2.01. The first-order valence-corrected chi connectivity index (χ1v) is 5.11. The van der Waals surface area contributed by atoms with Gasteiger partial charge in [0.2, 0.25) is 0 Å². The van der Waals surface area contributed by atoms with Crippen molar-refractivity contribution in [2.75, 3.05) is 0 Å². The highest BCUT2D eigenvalue weighted by atomic mass is 14.7. The van der Waals surface area contributed by atoms with E-state index in [9.17, 15) is 0 Å². The molecule has 0 spiro atoms. The summed E-state index contributed by atoms with van der Waals surface area (Å²) in [5.41, 5.74) is 4.03. The largest absolute Gasteiger partial charge is 0.255 e. The van der Waals surface area contributed by atoms with Crippen molar-refractivity contribution in [1.29, 1.82) is 0 Å².